The van der Waals surface area contributed by atoms with Crippen LogP contribution in [0.3, 0.4) is 0 Å². The summed E-state index contributed by atoms with van der Waals surface area (Å²) in [6, 6.07) is 5.00. The van der Waals surface area contributed by atoms with Crippen molar-refractivity contribution in [2.24, 2.45) is 0 Å². The van der Waals surface area contributed by atoms with Crippen LogP contribution in [0.4, 0.5) is 10.6 Å². The Kier molecular flexibility index (Phi) is 4.20. The zero-order chi connectivity index (χ0) is 17.3. The number of hydrogen-bond acceptors (Lipinski definition) is 6. The molecule has 2 aromatic rings. The van der Waals surface area contributed by atoms with Gasteiger partial charge >= 0.3 is 11.7 Å². The van der Waals surface area contributed by atoms with Crippen LogP contribution >= 0.6 is 0 Å². The number of carboxylic acid groups (broad SMARTS) is 1. The number of carbonyl (C=O) groups is 2. The van der Waals surface area contributed by atoms with Gasteiger partial charge in [-0.1, -0.05) is 0 Å². The largest absolute Gasteiger partial charge is 0.465 e. The highest BCUT2D eigenvalue weighted by molar-refractivity contribution is 5.96. The Bertz CT molecular complexity index is 860. The number of hydrogen-bond donors (Lipinski definition) is 1. The van der Waals surface area contributed by atoms with Crippen molar-refractivity contribution in [1.29, 1.82) is 0 Å². The highest BCUT2D eigenvalue weighted by atomic mass is 16.4. The standard InChI is InChI=1S/C16H17N3O5/c1-10(20)12-9-11-3-4-13(17-14(11)24-15(12)21)18-5-2-6-19(8-7-18)16(22)23/h3-4,9H,2,5-8H2,1H3,(H,22,23). The summed E-state index contributed by atoms with van der Waals surface area (Å²) in [6.07, 6.45) is -0.231. The molecule has 24 heavy (non-hydrogen) atoms. The topological polar surface area (TPSA) is 104 Å². The van der Waals surface area contributed by atoms with Crippen LogP contribution in [0, 0.1) is 0 Å². The molecule has 0 atom stereocenters. The Morgan fingerprint density at radius 3 is 2.71 bits per heavy atom. The first-order valence-electron chi connectivity index (χ1n) is 7.64. The second kappa shape index (κ2) is 6.31. The molecule has 0 aromatic carbocycles. The van der Waals surface area contributed by atoms with E-state index in [0.29, 0.717) is 43.8 Å². The summed E-state index contributed by atoms with van der Waals surface area (Å²) >= 11 is 0. The molecule has 3 heterocycles. The van der Waals surface area contributed by atoms with Crippen LogP contribution in [-0.2, 0) is 0 Å². The van der Waals surface area contributed by atoms with Gasteiger partial charge in [0.15, 0.2) is 5.78 Å². The van der Waals surface area contributed by atoms with Crippen molar-refractivity contribution in [2.75, 3.05) is 31.1 Å². The van der Waals surface area contributed by atoms with Crippen molar-refractivity contribution < 1.29 is 19.1 Å². The lowest BCUT2D eigenvalue weighted by Crippen LogP contribution is -2.34. The molecule has 0 spiro atoms. The lowest BCUT2D eigenvalue weighted by Gasteiger charge is -2.21. The summed E-state index contributed by atoms with van der Waals surface area (Å²) in [5.74, 6) is 0.268. The average molecular weight is 331 g/mol. The lowest BCUT2D eigenvalue weighted by molar-refractivity contribution is 0.101. The minimum atomic E-state index is -0.925. The van der Waals surface area contributed by atoms with E-state index in [-0.39, 0.29) is 17.1 Å². The molecule has 0 aliphatic carbocycles. The van der Waals surface area contributed by atoms with E-state index in [0.717, 1.165) is 0 Å². The van der Waals surface area contributed by atoms with Crippen LogP contribution in [0.25, 0.3) is 11.1 Å². The van der Waals surface area contributed by atoms with Crippen LogP contribution in [0.1, 0.15) is 23.7 Å². The third kappa shape index (κ3) is 3.08. The summed E-state index contributed by atoms with van der Waals surface area (Å²) in [5, 5.41) is 9.65. The van der Waals surface area contributed by atoms with E-state index in [2.05, 4.69) is 4.98 Å². The molecule has 126 valence electrons. The van der Waals surface area contributed by atoms with Crippen LogP contribution in [0.5, 0.6) is 0 Å². The van der Waals surface area contributed by atoms with Gasteiger partial charge in [0.2, 0.25) is 5.71 Å². The maximum Gasteiger partial charge on any atom is 0.407 e. The Morgan fingerprint density at radius 2 is 2.00 bits per heavy atom. The second-order valence-corrected chi connectivity index (χ2v) is 5.68. The summed E-state index contributed by atoms with van der Waals surface area (Å²) in [5.41, 5.74) is -0.529. The third-order valence-electron chi connectivity index (χ3n) is 4.05. The van der Waals surface area contributed by atoms with Gasteiger partial charge in [0, 0.05) is 31.6 Å². The molecular formula is C16H17N3O5. The van der Waals surface area contributed by atoms with Crippen molar-refractivity contribution in [2.45, 2.75) is 13.3 Å². The van der Waals surface area contributed by atoms with Gasteiger partial charge in [-0.25, -0.2) is 9.59 Å². The van der Waals surface area contributed by atoms with E-state index in [4.69, 9.17) is 9.52 Å². The molecule has 3 rings (SSSR count). The first kappa shape index (κ1) is 16.0. The van der Waals surface area contributed by atoms with E-state index in [1.807, 2.05) is 4.90 Å². The van der Waals surface area contributed by atoms with E-state index in [1.54, 1.807) is 12.1 Å². The summed E-state index contributed by atoms with van der Waals surface area (Å²) in [4.78, 5) is 42.0. The quantitative estimate of drug-likeness (QED) is 0.833. The van der Waals surface area contributed by atoms with Crippen LogP contribution in [0.2, 0.25) is 0 Å². The Morgan fingerprint density at radius 1 is 1.21 bits per heavy atom. The van der Waals surface area contributed by atoms with Crippen molar-refractivity contribution in [1.82, 2.24) is 9.88 Å². The SMILES string of the molecule is CC(=O)c1cc2ccc(N3CCCN(C(=O)O)CC3)nc2oc1=O. The molecular weight excluding hydrogens is 314 g/mol. The third-order valence-corrected chi connectivity index (χ3v) is 4.05. The van der Waals surface area contributed by atoms with Crippen LogP contribution in [-0.4, -0.2) is 53.0 Å². The summed E-state index contributed by atoms with van der Waals surface area (Å²) in [7, 11) is 0. The molecule has 1 saturated heterocycles. The molecule has 1 fully saturated rings. The molecule has 0 saturated carbocycles. The van der Waals surface area contributed by atoms with E-state index < -0.39 is 11.7 Å². The molecule has 0 bridgehead atoms. The van der Waals surface area contributed by atoms with Gasteiger partial charge in [-0.05, 0) is 31.5 Å². The first-order valence-corrected chi connectivity index (χ1v) is 7.64. The predicted octanol–water partition coefficient (Wildman–Crippen LogP) is 1.58. The summed E-state index contributed by atoms with van der Waals surface area (Å²) < 4.78 is 5.16. The van der Waals surface area contributed by atoms with Gasteiger partial charge in [-0.15, -0.1) is 0 Å². The number of nitrogens with zero attached hydrogens (tertiary/aromatic N) is 3. The molecule has 1 N–H and O–H groups in total. The maximum atomic E-state index is 11.8. The van der Waals surface area contributed by atoms with Crippen molar-refractivity contribution in [3.8, 4) is 0 Å². The molecule has 1 aliphatic heterocycles. The maximum absolute atomic E-state index is 11.8. The molecule has 1 amide bonds. The number of carbonyl (C=O) groups excluding carboxylic acids is 1. The van der Waals surface area contributed by atoms with Gasteiger partial charge in [0.1, 0.15) is 11.4 Å². The Labute approximate surface area is 137 Å². The highest BCUT2D eigenvalue weighted by Gasteiger charge is 2.20. The number of anilines is 1. The molecule has 8 heteroatoms. The lowest BCUT2D eigenvalue weighted by atomic mass is 10.2. The number of pyridine rings is 1. The summed E-state index contributed by atoms with van der Waals surface area (Å²) in [6.45, 7) is 3.36. The fourth-order valence-electron chi connectivity index (χ4n) is 2.75. The number of amides is 1. The zero-order valence-electron chi connectivity index (χ0n) is 13.2. The number of rotatable bonds is 2. The van der Waals surface area contributed by atoms with Crippen molar-refractivity contribution in [3.05, 3.63) is 34.2 Å². The van der Waals surface area contributed by atoms with Gasteiger partial charge in [-0.2, -0.15) is 4.98 Å². The van der Waals surface area contributed by atoms with Crippen molar-refractivity contribution in [3.63, 3.8) is 0 Å². The number of fused-ring (bicyclic) bond motifs is 1. The smallest absolute Gasteiger partial charge is 0.407 e. The zero-order valence-corrected chi connectivity index (χ0v) is 13.2. The van der Waals surface area contributed by atoms with Gasteiger partial charge < -0.3 is 19.3 Å². The Balaban J connectivity index is 1.90. The average Bonchev–Trinajstić information content (AvgIpc) is 2.79. The van der Waals surface area contributed by atoms with Gasteiger partial charge in [0.25, 0.3) is 0 Å². The fraction of sp³-hybridized carbons (Fsp3) is 0.375. The van der Waals surface area contributed by atoms with E-state index in [1.165, 1.54) is 17.9 Å². The minimum Gasteiger partial charge on any atom is -0.465 e. The number of ketones is 1. The van der Waals surface area contributed by atoms with Gasteiger partial charge in [-0.3, -0.25) is 4.79 Å². The molecule has 8 nitrogen and oxygen atoms in total. The Hall–Kier alpha value is -2.90. The number of Topliss-reactive ketones (excluding diaryl/α,β-unsaturated/α-hetero) is 1. The normalized spacial score (nSPS) is 15.4. The molecule has 2 aromatic heterocycles. The van der Waals surface area contributed by atoms with Crippen molar-refractivity contribution >= 4 is 28.8 Å². The fourth-order valence-corrected chi connectivity index (χ4v) is 2.75. The van der Waals surface area contributed by atoms with E-state index in [9.17, 15) is 14.4 Å². The molecule has 0 radical (unpaired) electrons. The predicted molar refractivity (Wildman–Crippen MR) is 86.7 cm³/mol. The van der Waals surface area contributed by atoms with E-state index >= 15 is 0 Å². The second-order valence-electron chi connectivity index (χ2n) is 5.68. The van der Waals surface area contributed by atoms with Crippen LogP contribution in [0.15, 0.2) is 27.4 Å². The minimum absolute atomic E-state index is 0.00363. The number of aromatic nitrogens is 1. The monoisotopic (exact) mass is 331 g/mol. The highest BCUT2D eigenvalue weighted by Crippen LogP contribution is 2.19. The molecule has 0 unspecified atom stereocenters. The van der Waals surface area contributed by atoms with Crippen LogP contribution < -0.4 is 10.5 Å². The van der Waals surface area contributed by atoms with Gasteiger partial charge in [0.05, 0.1) is 0 Å². The molecule has 1 aliphatic rings. The first-order chi connectivity index (χ1) is 11.5.